The second kappa shape index (κ2) is 5.48. The monoisotopic (exact) mass is 221 g/mol. The van der Waals surface area contributed by atoms with Crippen LogP contribution in [0.15, 0.2) is 12.4 Å². The highest BCUT2D eigenvalue weighted by Crippen LogP contribution is 2.25. The van der Waals surface area contributed by atoms with Gasteiger partial charge >= 0.3 is 0 Å². The van der Waals surface area contributed by atoms with Crippen LogP contribution in [0.2, 0.25) is 0 Å². The largest absolute Gasteiger partial charge is 0.347 e. The Morgan fingerprint density at radius 3 is 2.75 bits per heavy atom. The Morgan fingerprint density at radius 1 is 1.44 bits per heavy atom. The van der Waals surface area contributed by atoms with Crippen LogP contribution in [0.25, 0.3) is 0 Å². The van der Waals surface area contributed by atoms with Crippen molar-refractivity contribution in [2.24, 2.45) is 5.92 Å². The van der Waals surface area contributed by atoms with Gasteiger partial charge in [0.1, 0.15) is 5.82 Å². The molecule has 0 spiro atoms. The van der Waals surface area contributed by atoms with E-state index >= 15 is 0 Å². The van der Waals surface area contributed by atoms with E-state index in [0.29, 0.717) is 12.1 Å². The first-order valence-electron chi connectivity index (χ1n) is 6.55. The Bertz CT molecular complexity index is 286. The van der Waals surface area contributed by atoms with E-state index < -0.39 is 0 Å². The van der Waals surface area contributed by atoms with Gasteiger partial charge in [-0.05, 0) is 38.0 Å². The maximum Gasteiger partial charge on any atom is 0.123 e. The van der Waals surface area contributed by atoms with E-state index in [-0.39, 0.29) is 0 Å². The third-order valence-electron chi connectivity index (χ3n) is 3.71. The molecule has 1 fully saturated rings. The van der Waals surface area contributed by atoms with Crippen LogP contribution in [0, 0.1) is 5.92 Å². The normalized spacial score (nSPS) is 27.9. The first-order chi connectivity index (χ1) is 7.79. The number of nitrogens with one attached hydrogen (secondary N) is 2. The number of nitrogens with zero attached hydrogens (tertiary/aromatic N) is 1. The van der Waals surface area contributed by atoms with Gasteiger partial charge < -0.3 is 10.3 Å². The van der Waals surface area contributed by atoms with Crippen LogP contribution >= 0.6 is 0 Å². The summed E-state index contributed by atoms with van der Waals surface area (Å²) in [7, 11) is 0. The molecule has 0 amide bonds. The van der Waals surface area contributed by atoms with Crippen molar-refractivity contribution in [2.75, 3.05) is 0 Å². The molecule has 3 heteroatoms. The van der Waals surface area contributed by atoms with Crippen molar-refractivity contribution in [3.63, 3.8) is 0 Å². The van der Waals surface area contributed by atoms with Crippen LogP contribution in [0.1, 0.15) is 57.8 Å². The number of imidazole rings is 1. The highest BCUT2D eigenvalue weighted by molar-refractivity contribution is 4.96. The molecule has 1 aliphatic rings. The number of H-pyrrole nitrogens is 1. The molecule has 1 aromatic rings. The van der Waals surface area contributed by atoms with Gasteiger partial charge in [0.25, 0.3) is 0 Å². The summed E-state index contributed by atoms with van der Waals surface area (Å²) in [5.41, 5.74) is 0. The predicted octanol–water partition coefficient (Wildman–Crippen LogP) is 3.03. The van der Waals surface area contributed by atoms with Crippen molar-refractivity contribution < 1.29 is 0 Å². The first kappa shape index (κ1) is 11.6. The quantitative estimate of drug-likeness (QED) is 0.820. The summed E-state index contributed by atoms with van der Waals surface area (Å²) in [6.07, 6.45) is 10.2. The summed E-state index contributed by atoms with van der Waals surface area (Å²) in [6.45, 7) is 4.58. The van der Waals surface area contributed by atoms with Gasteiger partial charge in [0.15, 0.2) is 0 Å². The lowest BCUT2D eigenvalue weighted by Gasteiger charge is -2.30. The predicted molar refractivity (Wildman–Crippen MR) is 66.2 cm³/mol. The van der Waals surface area contributed by atoms with E-state index in [9.17, 15) is 0 Å². The van der Waals surface area contributed by atoms with Crippen LogP contribution in [-0.4, -0.2) is 16.0 Å². The first-order valence-corrected chi connectivity index (χ1v) is 6.55. The van der Waals surface area contributed by atoms with Gasteiger partial charge in [-0.3, -0.25) is 0 Å². The zero-order chi connectivity index (χ0) is 11.4. The van der Waals surface area contributed by atoms with Crippen LogP contribution in [0.5, 0.6) is 0 Å². The average molecular weight is 221 g/mol. The summed E-state index contributed by atoms with van der Waals surface area (Å²) in [5, 5.41) is 3.73. The topological polar surface area (TPSA) is 40.7 Å². The fourth-order valence-electron chi connectivity index (χ4n) is 2.57. The van der Waals surface area contributed by atoms with E-state index in [1.807, 2.05) is 12.4 Å². The molecule has 1 saturated carbocycles. The van der Waals surface area contributed by atoms with E-state index in [2.05, 4.69) is 29.1 Å². The highest BCUT2D eigenvalue weighted by atomic mass is 15.0. The fourth-order valence-corrected chi connectivity index (χ4v) is 2.57. The van der Waals surface area contributed by atoms with Gasteiger partial charge in [-0.2, -0.15) is 0 Å². The highest BCUT2D eigenvalue weighted by Gasteiger charge is 2.21. The van der Waals surface area contributed by atoms with Crippen LogP contribution < -0.4 is 5.32 Å². The molecule has 0 radical (unpaired) electrons. The number of rotatable bonds is 4. The summed E-state index contributed by atoms with van der Waals surface area (Å²) < 4.78 is 0. The van der Waals surface area contributed by atoms with Crippen molar-refractivity contribution in [1.29, 1.82) is 0 Å². The second-order valence-corrected chi connectivity index (χ2v) is 5.06. The van der Waals surface area contributed by atoms with Gasteiger partial charge in [0.2, 0.25) is 0 Å². The molecule has 1 aromatic heterocycles. The molecule has 0 saturated heterocycles. The van der Waals surface area contributed by atoms with Crippen molar-refractivity contribution in [2.45, 2.75) is 58.0 Å². The van der Waals surface area contributed by atoms with Crippen LogP contribution in [0.3, 0.4) is 0 Å². The molecule has 0 aromatic carbocycles. The molecule has 2 rings (SSSR count). The molecule has 1 unspecified atom stereocenters. The lowest BCUT2D eigenvalue weighted by atomic mass is 9.87. The number of hydrogen-bond donors (Lipinski definition) is 2. The number of aromatic amines is 1. The molecular weight excluding hydrogens is 198 g/mol. The lowest BCUT2D eigenvalue weighted by Crippen LogP contribution is -2.35. The van der Waals surface area contributed by atoms with E-state index in [1.54, 1.807) is 0 Å². The third kappa shape index (κ3) is 2.85. The van der Waals surface area contributed by atoms with E-state index in [1.165, 1.54) is 25.7 Å². The standard InChI is InChI=1S/C13H23N3/c1-3-12(13-14-8-9-15-13)16-11-6-4-10(2)5-7-11/h8-12,16H,3-7H2,1-2H3,(H,14,15). The van der Waals surface area contributed by atoms with Gasteiger partial charge in [-0.25, -0.2) is 4.98 Å². The van der Waals surface area contributed by atoms with E-state index in [4.69, 9.17) is 0 Å². The Kier molecular flexibility index (Phi) is 3.99. The molecule has 1 aliphatic carbocycles. The summed E-state index contributed by atoms with van der Waals surface area (Å²) in [4.78, 5) is 7.56. The number of aromatic nitrogens is 2. The van der Waals surface area contributed by atoms with Crippen molar-refractivity contribution >= 4 is 0 Å². The Morgan fingerprint density at radius 2 is 2.19 bits per heavy atom. The van der Waals surface area contributed by atoms with Crippen molar-refractivity contribution in [3.05, 3.63) is 18.2 Å². The smallest absolute Gasteiger partial charge is 0.123 e. The molecule has 16 heavy (non-hydrogen) atoms. The van der Waals surface area contributed by atoms with Gasteiger partial charge in [0, 0.05) is 18.4 Å². The molecule has 1 atom stereocenters. The molecule has 0 aliphatic heterocycles. The lowest BCUT2D eigenvalue weighted by molar-refractivity contribution is 0.281. The maximum atomic E-state index is 4.35. The average Bonchev–Trinajstić information content (AvgIpc) is 2.82. The fraction of sp³-hybridized carbons (Fsp3) is 0.769. The molecule has 2 N–H and O–H groups in total. The SMILES string of the molecule is CCC(NC1CCC(C)CC1)c1ncc[nH]1. The van der Waals surface area contributed by atoms with E-state index in [0.717, 1.165) is 18.2 Å². The Balaban J connectivity index is 1.87. The minimum atomic E-state index is 0.397. The Labute approximate surface area is 98.1 Å². The van der Waals surface area contributed by atoms with Crippen LogP contribution in [0.4, 0.5) is 0 Å². The molecule has 0 bridgehead atoms. The third-order valence-corrected chi connectivity index (χ3v) is 3.71. The molecule has 3 nitrogen and oxygen atoms in total. The Hall–Kier alpha value is -0.830. The van der Waals surface area contributed by atoms with Crippen LogP contribution in [-0.2, 0) is 0 Å². The minimum absolute atomic E-state index is 0.397. The van der Waals surface area contributed by atoms with Crippen molar-refractivity contribution in [3.8, 4) is 0 Å². The summed E-state index contributed by atoms with van der Waals surface area (Å²) >= 11 is 0. The van der Waals surface area contributed by atoms with Gasteiger partial charge in [-0.1, -0.05) is 13.8 Å². The molecular formula is C13H23N3. The van der Waals surface area contributed by atoms with Gasteiger partial charge in [-0.15, -0.1) is 0 Å². The minimum Gasteiger partial charge on any atom is -0.347 e. The summed E-state index contributed by atoms with van der Waals surface area (Å²) in [5.74, 6) is 2.00. The molecule has 90 valence electrons. The van der Waals surface area contributed by atoms with Gasteiger partial charge in [0.05, 0.1) is 6.04 Å². The summed E-state index contributed by atoms with van der Waals surface area (Å²) in [6, 6.07) is 1.08. The maximum absolute atomic E-state index is 4.35. The number of hydrogen-bond acceptors (Lipinski definition) is 2. The zero-order valence-corrected chi connectivity index (χ0v) is 10.4. The van der Waals surface area contributed by atoms with Crippen molar-refractivity contribution in [1.82, 2.24) is 15.3 Å². The molecule has 1 heterocycles. The second-order valence-electron chi connectivity index (χ2n) is 5.06. The zero-order valence-electron chi connectivity index (χ0n) is 10.4.